The maximum absolute atomic E-state index is 12.6. The molecule has 0 bridgehead atoms. The number of ether oxygens (including phenoxy) is 1. The number of thiocarbonyl (C=S) groups is 1. The van der Waals surface area contributed by atoms with Crippen LogP contribution in [0.25, 0.3) is 0 Å². The van der Waals surface area contributed by atoms with Crippen molar-refractivity contribution in [1.82, 2.24) is 5.32 Å². The third-order valence-electron chi connectivity index (χ3n) is 3.41. The van der Waals surface area contributed by atoms with Crippen LogP contribution in [0.1, 0.15) is 35.3 Å². The van der Waals surface area contributed by atoms with Crippen LogP contribution in [-0.4, -0.2) is 17.1 Å². The first-order valence-corrected chi connectivity index (χ1v) is 9.12. The number of carbonyl (C=O) groups excluding carboxylic acids is 1. The smallest absolute Gasteiger partial charge is 0.261 e. The van der Waals surface area contributed by atoms with Crippen molar-refractivity contribution in [3.63, 3.8) is 0 Å². The summed E-state index contributed by atoms with van der Waals surface area (Å²) < 4.78 is 6.50. The maximum atomic E-state index is 12.6. The van der Waals surface area contributed by atoms with Gasteiger partial charge in [0.25, 0.3) is 5.91 Å². The van der Waals surface area contributed by atoms with Crippen LogP contribution >= 0.6 is 28.1 Å². The van der Waals surface area contributed by atoms with Crippen molar-refractivity contribution in [2.75, 3.05) is 5.32 Å². The minimum absolute atomic E-state index is 0.0342. The highest BCUT2D eigenvalue weighted by Gasteiger charge is 2.16. The number of anilines is 1. The molecule has 2 N–H and O–H groups in total. The van der Waals surface area contributed by atoms with Crippen molar-refractivity contribution in [3.05, 3.63) is 57.6 Å². The molecule has 0 unspecified atom stereocenters. The summed E-state index contributed by atoms with van der Waals surface area (Å²) >= 11 is 8.66. The highest BCUT2D eigenvalue weighted by molar-refractivity contribution is 9.10. The van der Waals surface area contributed by atoms with E-state index in [0.29, 0.717) is 11.3 Å². The Kier molecular flexibility index (Phi) is 6.56. The lowest BCUT2D eigenvalue weighted by atomic mass is 10.1. The minimum Gasteiger partial charge on any atom is -0.490 e. The first-order chi connectivity index (χ1) is 11.8. The van der Waals surface area contributed by atoms with Gasteiger partial charge in [-0.25, -0.2) is 0 Å². The Bertz CT molecular complexity index is 806. The Balaban J connectivity index is 2.13. The second-order valence-corrected chi connectivity index (χ2v) is 7.36. The first kappa shape index (κ1) is 19.4. The van der Waals surface area contributed by atoms with Gasteiger partial charge in [0.15, 0.2) is 5.11 Å². The number of hydrogen-bond donors (Lipinski definition) is 2. The molecule has 0 aliphatic heterocycles. The van der Waals surface area contributed by atoms with E-state index in [1.807, 2.05) is 45.9 Å². The number of nitrogens with one attached hydrogen (secondary N) is 2. The van der Waals surface area contributed by atoms with Gasteiger partial charge in [0.05, 0.1) is 11.7 Å². The summed E-state index contributed by atoms with van der Waals surface area (Å²) in [6.07, 6.45) is -0.0342. The number of halogens is 1. The van der Waals surface area contributed by atoms with Crippen LogP contribution in [0.5, 0.6) is 5.75 Å². The summed E-state index contributed by atoms with van der Waals surface area (Å²) in [7, 11) is 0. The lowest BCUT2D eigenvalue weighted by Crippen LogP contribution is -2.34. The van der Waals surface area contributed by atoms with Gasteiger partial charge in [-0.15, -0.1) is 0 Å². The Morgan fingerprint density at radius 2 is 1.88 bits per heavy atom. The van der Waals surface area contributed by atoms with Gasteiger partial charge in [0.1, 0.15) is 5.75 Å². The Morgan fingerprint density at radius 1 is 1.16 bits per heavy atom. The standard InChI is InChI=1S/C19H21BrN2O2S/c1-11(2)24-17-8-6-14(20)10-15(17)18(23)22-19(25)21-16-7-5-12(3)9-13(16)4/h5-11H,1-4H3,(H2,21,22,23,25). The van der Waals surface area contributed by atoms with E-state index in [2.05, 4.69) is 32.6 Å². The molecule has 6 heteroatoms. The van der Waals surface area contributed by atoms with Gasteiger partial charge in [-0.2, -0.15) is 0 Å². The van der Waals surface area contributed by atoms with Gasteiger partial charge >= 0.3 is 0 Å². The molecule has 4 nitrogen and oxygen atoms in total. The van der Waals surface area contributed by atoms with Crippen LogP contribution in [0, 0.1) is 13.8 Å². The quantitative estimate of drug-likeness (QED) is 0.684. The molecule has 0 atom stereocenters. The van der Waals surface area contributed by atoms with Crippen LogP contribution in [0.3, 0.4) is 0 Å². The molecule has 2 rings (SSSR count). The zero-order valence-corrected chi connectivity index (χ0v) is 17.0. The van der Waals surface area contributed by atoms with Crippen LogP contribution in [0.4, 0.5) is 5.69 Å². The van der Waals surface area contributed by atoms with Gasteiger partial charge in [0.2, 0.25) is 0 Å². The molecule has 0 heterocycles. The predicted molar refractivity (Wildman–Crippen MR) is 110 cm³/mol. The Hall–Kier alpha value is -1.92. The molecule has 0 saturated carbocycles. The average molecular weight is 421 g/mol. The molecule has 0 radical (unpaired) electrons. The SMILES string of the molecule is Cc1ccc(NC(=S)NC(=O)c2cc(Br)ccc2OC(C)C)c(C)c1. The van der Waals surface area contributed by atoms with Crippen LogP contribution in [0.15, 0.2) is 40.9 Å². The molecule has 2 aromatic rings. The highest BCUT2D eigenvalue weighted by atomic mass is 79.9. The van der Waals surface area contributed by atoms with Gasteiger partial charge in [-0.3, -0.25) is 10.1 Å². The van der Waals surface area contributed by atoms with E-state index in [9.17, 15) is 4.79 Å². The Labute approximate surface area is 162 Å². The second kappa shape index (κ2) is 8.45. The van der Waals surface area contributed by atoms with Gasteiger partial charge < -0.3 is 10.1 Å². The molecule has 0 spiro atoms. The molecule has 0 aliphatic carbocycles. The van der Waals surface area contributed by atoms with Gasteiger partial charge in [-0.1, -0.05) is 33.6 Å². The van der Waals surface area contributed by atoms with E-state index < -0.39 is 0 Å². The summed E-state index contributed by atoms with van der Waals surface area (Å²) in [5.41, 5.74) is 3.52. The van der Waals surface area contributed by atoms with Crippen LogP contribution in [0.2, 0.25) is 0 Å². The van der Waals surface area contributed by atoms with Crippen molar-refractivity contribution >= 4 is 44.9 Å². The third-order valence-corrected chi connectivity index (χ3v) is 4.10. The topological polar surface area (TPSA) is 50.4 Å². The maximum Gasteiger partial charge on any atom is 0.261 e. The largest absolute Gasteiger partial charge is 0.490 e. The van der Waals surface area contributed by atoms with Crippen molar-refractivity contribution in [2.45, 2.75) is 33.8 Å². The molecule has 0 fully saturated rings. The van der Waals surface area contributed by atoms with Crippen molar-refractivity contribution in [2.24, 2.45) is 0 Å². The third kappa shape index (κ3) is 5.54. The first-order valence-electron chi connectivity index (χ1n) is 7.92. The zero-order valence-electron chi connectivity index (χ0n) is 14.6. The van der Waals surface area contributed by atoms with Crippen LogP contribution < -0.4 is 15.4 Å². The molecule has 0 aliphatic rings. The summed E-state index contributed by atoms with van der Waals surface area (Å²) in [6.45, 7) is 7.84. The summed E-state index contributed by atoms with van der Waals surface area (Å²) in [6, 6.07) is 11.3. The number of amides is 1. The zero-order chi connectivity index (χ0) is 18.6. The van der Waals surface area contributed by atoms with Crippen LogP contribution in [-0.2, 0) is 0 Å². The van der Waals surface area contributed by atoms with E-state index in [4.69, 9.17) is 17.0 Å². The molecule has 2 aromatic carbocycles. The fourth-order valence-electron chi connectivity index (χ4n) is 2.31. The number of aryl methyl sites for hydroxylation is 2. The Morgan fingerprint density at radius 3 is 2.52 bits per heavy atom. The van der Waals surface area contributed by atoms with Crippen molar-refractivity contribution < 1.29 is 9.53 Å². The number of carbonyl (C=O) groups is 1. The number of benzene rings is 2. The molecule has 1 amide bonds. The summed E-state index contributed by atoms with van der Waals surface area (Å²) in [4.78, 5) is 12.6. The van der Waals surface area contributed by atoms with Gasteiger partial charge in [-0.05, 0) is 69.7 Å². The molecule has 25 heavy (non-hydrogen) atoms. The molecule has 132 valence electrons. The fraction of sp³-hybridized carbons (Fsp3) is 0.263. The van der Waals surface area contributed by atoms with E-state index in [1.165, 1.54) is 5.56 Å². The van der Waals surface area contributed by atoms with E-state index in [0.717, 1.165) is 15.7 Å². The van der Waals surface area contributed by atoms with Crippen molar-refractivity contribution in [1.29, 1.82) is 0 Å². The fourth-order valence-corrected chi connectivity index (χ4v) is 2.88. The predicted octanol–water partition coefficient (Wildman–Crippen LogP) is 4.98. The lowest BCUT2D eigenvalue weighted by molar-refractivity contribution is 0.0972. The minimum atomic E-state index is -0.320. The van der Waals surface area contributed by atoms with Gasteiger partial charge in [0, 0.05) is 10.2 Å². The van der Waals surface area contributed by atoms with E-state index in [1.54, 1.807) is 12.1 Å². The average Bonchev–Trinajstić information content (AvgIpc) is 2.51. The summed E-state index contributed by atoms with van der Waals surface area (Å²) in [5, 5.41) is 6.01. The number of rotatable bonds is 4. The molecule has 0 aromatic heterocycles. The lowest BCUT2D eigenvalue weighted by Gasteiger charge is -2.16. The van der Waals surface area contributed by atoms with E-state index in [-0.39, 0.29) is 17.1 Å². The molecular formula is C19H21BrN2O2S. The van der Waals surface area contributed by atoms with Crippen molar-refractivity contribution in [3.8, 4) is 5.75 Å². The second-order valence-electron chi connectivity index (χ2n) is 6.03. The highest BCUT2D eigenvalue weighted by Crippen LogP contribution is 2.24. The van der Waals surface area contributed by atoms with E-state index >= 15 is 0 Å². The number of hydrogen-bond acceptors (Lipinski definition) is 3. The molecular weight excluding hydrogens is 400 g/mol. The monoisotopic (exact) mass is 420 g/mol. The molecule has 0 saturated heterocycles. The normalized spacial score (nSPS) is 10.5. The summed E-state index contributed by atoms with van der Waals surface area (Å²) in [5.74, 6) is 0.198.